The number of methoxy groups -OCH3 is 1. The van der Waals surface area contributed by atoms with Gasteiger partial charge in [0.15, 0.2) is 5.12 Å². The van der Waals surface area contributed by atoms with Gasteiger partial charge in [-0.2, -0.15) is 0 Å². The van der Waals surface area contributed by atoms with Crippen molar-refractivity contribution in [3.8, 4) is 11.8 Å². The van der Waals surface area contributed by atoms with Gasteiger partial charge < -0.3 is 4.74 Å². The van der Waals surface area contributed by atoms with E-state index in [1.807, 2.05) is 13.0 Å². The molecule has 0 saturated heterocycles. The highest BCUT2D eigenvalue weighted by Gasteiger charge is 2.10. The molecule has 1 rings (SSSR count). The van der Waals surface area contributed by atoms with Gasteiger partial charge in [0.2, 0.25) is 0 Å². The largest absolute Gasteiger partial charge is 0.465 e. The van der Waals surface area contributed by atoms with E-state index in [1.165, 1.54) is 18.9 Å². The lowest BCUT2D eigenvalue weighted by atomic mass is 10.0. The second-order valence-corrected chi connectivity index (χ2v) is 5.13. The Bertz CT molecular complexity index is 538. The number of rotatable bonds is 3. The van der Waals surface area contributed by atoms with Crippen molar-refractivity contribution in [3.05, 3.63) is 34.9 Å². The molecule has 3 nitrogen and oxygen atoms in total. The van der Waals surface area contributed by atoms with Crippen molar-refractivity contribution in [1.82, 2.24) is 0 Å². The van der Waals surface area contributed by atoms with Gasteiger partial charge in [-0.25, -0.2) is 4.79 Å². The summed E-state index contributed by atoms with van der Waals surface area (Å²) in [5, 5.41) is 0.102. The van der Waals surface area contributed by atoms with E-state index in [2.05, 4.69) is 11.8 Å². The molecule has 0 spiro atoms. The fraction of sp³-hybridized carbons (Fsp3) is 0.333. The van der Waals surface area contributed by atoms with Crippen molar-refractivity contribution in [1.29, 1.82) is 0 Å². The van der Waals surface area contributed by atoms with E-state index in [-0.39, 0.29) is 11.1 Å². The average Bonchev–Trinajstić information content (AvgIpc) is 2.39. The third kappa shape index (κ3) is 4.80. The molecule has 19 heavy (non-hydrogen) atoms. The molecule has 0 bridgehead atoms. The van der Waals surface area contributed by atoms with Gasteiger partial charge in [-0.05, 0) is 24.6 Å². The number of ether oxygens (including phenoxy) is 1. The maximum Gasteiger partial charge on any atom is 0.338 e. The van der Waals surface area contributed by atoms with E-state index >= 15 is 0 Å². The van der Waals surface area contributed by atoms with Crippen molar-refractivity contribution >= 4 is 22.8 Å². The zero-order chi connectivity index (χ0) is 14.3. The number of carbonyl (C=O) groups excluding carboxylic acids is 2. The van der Waals surface area contributed by atoms with E-state index in [1.54, 1.807) is 19.1 Å². The normalized spacial score (nSPS) is 9.42. The van der Waals surface area contributed by atoms with Gasteiger partial charge in [0.05, 0.1) is 12.7 Å². The SMILES string of the molecule is COC(=O)c1cccc(C#CCCSC(C)=O)c1C. The molecule has 0 aliphatic carbocycles. The third-order valence-electron chi connectivity index (χ3n) is 2.49. The highest BCUT2D eigenvalue weighted by molar-refractivity contribution is 8.13. The Labute approximate surface area is 117 Å². The quantitative estimate of drug-likeness (QED) is 0.484. The molecule has 0 aliphatic heterocycles. The summed E-state index contributed by atoms with van der Waals surface area (Å²) in [5.41, 5.74) is 2.17. The van der Waals surface area contributed by atoms with Crippen LogP contribution in [0.15, 0.2) is 18.2 Å². The molecule has 0 N–H and O–H groups in total. The molecule has 1 aromatic carbocycles. The van der Waals surface area contributed by atoms with Crippen LogP contribution in [-0.4, -0.2) is 23.9 Å². The third-order valence-corrected chi connectivity index (χ3v) is 3.31. The van der Waals surface area contributed by atoms with Crippen LogP contribution in [0.3, 0.4) is 0 Å². The molecular weight excluding hydrogens is 260 g/mol. The molecule has 100 valence electrons. The van der Waals surface area contributed by atoms with Crippen molar-refractivity contribution in [2.75, 3.05) is 12.9 Å². The molecule has 0 aromatic heterocycles. The predicted molar refractivity (Wildman–Crippen MR) is 77.2 cm³/mol. The number of benzene rings is 1. The van der Waals surface area contributed by atoms with E-state index < -0.39 is 0 Å². The van der Waals surface area contributed by atoms with Crippen LogP contribution in [0.1, 0.15) is 34.8 Å². The minimum atomic E-state index is -0.353. The molecule has 0 saturated carbocycles. The maximum absolute atomic E-state index is 11.5. The zero-order valence-electron chi connectivity index (χ0n) is 11.3. The molecule has 0 fully saturated rings. The van der Waals surface area contributed by atoms with Gasteiger partial charge in [0.1, 0.15) is 0 Å². The first kappa shape index (κ1) is 15.3. The maximum atomic E-state index is 11.5. The van der Waals surface area contributed by atoms with Crippen LogP contribution in [0, 0.1) is 18.8 Å². The Morgan fingerprint density at radius 1 is 1.37 bits per heavy atom. The smallest absolute Gasteiger partial charge is 0.338 e. The molecule has 4 heteroatoms. The van der Waals surface area contributed by atoms with Gasteiger partial charge in [0, 0.05) is 24.7 Å². The summed E-state index contributed by atoms with van der Waals surface area (Å²) in [6.45, 7) is 3.39. The fourth-order valence-electron chi connectivity index (χ4n) is 1.51. The summed E-state index contributed by atoms with van der Waals surface area (Å²) in [6, 6.07) is 5.37. The Morgan fingerprint density at radius 3 is 2.74 bits per heavy atom. The Balaban J connectivity index is 2.77. The lowest BCUT2D eigenvalue weighted by Crippen LogP contribution is -2.04. The van der Waals surface area contributed by atoms with Crippen molar-refractivity contribution < 1.29 is 14.3 Å². The molecule has 0 atom stereocenters. The summed E-state index contributed by atoms with van der Waals surface area (Å²) in [5.74, 6) is 6.37. The van der Waals surface area contributed by atoms with Crippen LogP contribution in [0.25, 0.3) is 0 Å². The minimum Gasteiger partial charge on any atom is -0.465 e. The van der Waals surface area contributed by atoms with Gasteiger partial charge in [0.25, 0.3) is 0 Å². The van der Waals surface area contributed by atoms with Crippen LogP contribution < -0.4 is 0 Å². The van der Waals surface area contributed by atoms with E-state index in [0.717, 1.165) is 11.1 Å². The zero-order valence-corrected chi connectivity index (χ0v) is 12.1. The monoisotopic (exact) mass is 276 g/mol. The van der Waals surface area contributed by atoms with E-state index in [0.29, 0.717) is 17.7 Å². The average molecular weight is 276 g/mol. The van der Waals surface area contributed by atoms with Gasteiger partial charge in [-0.15, -0.1) is 0 Å². The topological polar surface area (TPSA) is 43.4 Å². The molecule has 1 aromatic rings. The minimum absolute atomic E-state index is 0.102. The first-order valence-electron chi connectivity index (χ1n) is 5.86. The van der Waals surface area contributed by atoms with E-state index in [4.69, 9.17) is 4.74 Å². The first-order chi connectivity index (χ1) is 9.06. The lowest BCUT2D eigenvalue weighted by molar-refractivity contribution is -0.109. The number of carbonyl (C=O) groups is 2. The van der Waals surface area contributed by atoms with Gasteiger partial charge in [-0.3, -0.25) is 4.79 Å². The summed E-state index contributed by atoms with van der Waals surface area (Å²) in [4.78, 5) is 22.3. The second-order valence-electron chi connectivity index (χ2n) is 3.86. The summed E-state index contributed by atoms with van der Waals surface area (Å²) < 4.78 is 4.71. The second kappa shape index (κ2) is 7.65. The van der Waals surface area contributed by atoms with Crippen LogP contribution in [-0.2, 0) is 9.53 Å². The Hall–Kier alpha value is -1.73. The summed E-state index contributed by atoms with van der Waals surface area (Å²) in [6.07, 6.45) is 0.645. The number of esters is 1. The number of hydrogen-bond donors (Lipinski definition) is 0. The summed E-state index contributed by atoms with van der Waals surface area (Å²) in [7, 11) is 1.36. The lowest BCUT2D eigenvalue weighted by Gasteiger charge is -2.05. The number of thioether (sulfide) groups is 1. The molecule has 0 amide bonds. The fourth-order valence-corrected chi connectivity index (χ4v) is 2.00. The Morgan fingerprint density at radius 2 is 2.11 bits per heavy atom. The van der Waals surface area contributed by atoms with E-state index in [9.17, 15) is 9.59 Å². The van der Waals surface area contributed by atoms with Crippen LogP contribution in [0.4, 0.5) is 0 Å². The molecule has 0 aliphatic rings. The molecule has 0 heterocycles. The van der Waals surface area contributed by atoms with Crippen molar-refractivity contribution in [2.24, 2.45) is 0 Å². The standard InChI is InChI=1S/C15H16O3S/c1-11-13(7-4-5-10-19-12(2)16)8-6-9-14(11)15(17)18-3/h6,8-9H,5,10H2,1-3H3. The predicted octanol–water partition coefficient (Wildman–Crippen LogP) is 2.80. The van der Waals surface area contributed by atoms with Crippen molar-refractivity contribution in [2.45, 2.75) is 20.3 Å². The Kier molecular flexibility index (Phi) is 6.17. The molecule has 0 unspecified atom stereocenters. The van der Waals surface area contributed by atoms with Crippen LogP contribution in [0.2, 0.25) is 0 Å². The molecule has 0 radical (unpaired) electrons. The number of hydrogen-bond acceptors (Lipinski definition) is 4. The van der Waals surface area contributed by atoms with Crippen molar-refractivity contribution in [3.63, 3.8) is 0 Å². The summed E-state index contributed by atoms with van der Waals surface area (Å²) >= 11 is 1.27. The highest BCUT2D eigenvalue weighted by Crippen LogP contribution is 2.14. The van der Waals surface area contributed by atoms with Crippen LogP contribution >= 0.6 is 11.8 Å². The van der Waals surface area contributed by atoms with Crippen LogP contribution in [0.5, 0.6) is 0 Å². The van der Waals surface area contributed by atoms with Gasteiger partial charge >= 0.3 is 5.97 Å². The molecular formula is C15H16O3S. The first-order valence-corrected chi connectivity index (χ1v) is 6.85. The highest BCUT2D eigenvalue weighted by atomic mass is 32.2. The van der Waals surface area contributed by atoms with Gasteiger partial charge in [-0.1, -0.05) is 29.7 Å².